The Kier molecular flexibility index (Phi) is 2.88. The monoisotopic (exact) mass is 227 g/mol. The van der Waals surface area contributed by atoms with Crippen LogP contribution >= 0.6 is 0 Å². The van der Waals surface area contributed by atoms with E-state index in [4.69, 9.17) is 5.26 Å². The molecule has 0 unspecified atom stereocenters. The molecule has 0 aliphatic rings. The third kappa shape index (κ3) is 2.16. The van der Waals surface area contributed by atoms with Crippen LogP contribution in [0.2, 0.25) is 0 Å². The van der Waals surface area contributed by atoms with E-state index in [1.165, 1.54) is 17.2 Å². The summed E-state index contributed by atoms with van der Waals surface area (Å²) in [5.74, 6) is -0.283. The molecule has 0 saturated carbocycles. The van der Waals surface area contributed by atoms with Crippen LogP contribution in [0.25, 0.3) is 0 Å². The molecule has 1 aromatic carbocycles. The maximum absolute atomic E-state index is 11.9. The van der Waals surface area contributed by atoms with Crippen molar-refractivity contribution in [1.82, 2.24) is 5.16 Å². The van der Waals surface area contributed by atoms with Crippen LogP contribution in [0.4, 0.5) is 5.69 Å². The van der Waals surface area contributed by atoms with Gasteiger partial charge in [0.15, 0.2) is 5.69 Å². The Labute approximate surface area is 97.9 Å². The van der Waals surface area contributed by atoms with Gasteiger partial charge in [-0.15, -0.1) is 0 Å². The van der Waals surface area contributed by atoms with Crippen molar-refractivity contribution in [2.24, 2.45) is 0 Å². The quantitative estimate of drug-likeness (QED) is 0.784. The summed E-state index contributed by atoms with van der Waals surface area (Å²) in [5.41, 5.74) is 1.37. The van der Waals surface area contributed by atoms with E-state index in [0.717, 1.165) is 0 Å². The fourth-order valence-electron chi connectivity index (χ4n) is 1.40. The molecule has 1 aromatic heterocycles. The molecule has 2 aromatic rings. The van der Waals surface area contributed by atoms with E-state index in [0.29, 0.717) is 11.3 Å². The van der Waals surface area contributed by atoms with Gasteiger partial charge in [0.2, 0.25) is 0 Å². The Morgan fingerprint density at radius 3 is 2.94 bits per heavy atom. The zero-order valence-electron chi connectivity index (χ0n) is 9.12. The predicted octanol–water partition coefficient (Wildman–Crippen LogP) is 1.82. The third-order valence-corrected chi connectivity index (χ3v) is 2.32. The molecule has 0 radical (unpaired) electrons. The number of nitriles is 1. The Bertz CT molecular complexity index is 570. The van der Waals surface area contributed by atoms with Crippen LogP contribution in [0.3, 0.4) is 0 Å². The van der Waals surface area contributed by atoms with Crippen LogP contribution in [-0.4, -0.2) is 18.1 Å². The number of amides is 1. The maximum atomic E-state index is 11.9. The first-order valence-electron chi connectivity index (χ1n) is 4.91. The number of carbonyl (C=O) groups is 1. The van der Waals surface area contributed by atoms with Gasteiger partial charge in [-0.1, -0.05) is 11.2 Å². The Morgan fingerprint density at radius 1 is 1.47 bits per heavy atom. The summed E-state index contributed by atoms with van der Waals surface area (Å²) in [6, 6.07) is 10.3. The van der Waals surface area contributed by atoms with Crippen molar-refractivity contribution in [3.8, 4) is 6.07 Å². The van der Waals surface area contributed by atoms with Crippen LogP contribution in [0.15, 0.2) is 41.1 Å². The maximum Gasteiger partial charge on any atom is 0.280 e. The van der Waals surface area contributed by atoms with E-state index in [1.54, 1.807) is 31.3 Å². The molecule has 5 nitrogen and oxygen atoms in total. The molecule has 2 rings (SSSR count). The van der Waals surface area contributed by atoms with Crippen molar-refractivity contribution in [2.45, 2.75) is 0 Å². The second-order valence-corrected chi connectivity index (χ2v) is 3.41. The average molecular weight is 227 g/mol. The lowest BCUT2D eigenvalue weighted by atomic mass is 10.2. The van der Waals surface area contributed by atoms with Gasteiger partial charge in [0.05, 0.1) is 11.6 Å². The minimum atomic E-state index is -0.283. The number of carbonyl (C=O) groups excluding carboxylic acids is 1. The molecule has 0 N–H and O–H groups in total. The molecular weight excluding hydrogens is 218 g/mol. The largest absolute Gasteiger partial charge is 0.364 e. The van der Waals surface area contributed by atoms with Crippen LogP contribution in [-0.2, 0) is 0 Å². The third-order valence-electron chi connectivity index (χ3n) is 2.32. The highest BCUT2D eigenvalue weighted by atomic mass is 16.5. The normalized spacial score (nSPS) is 9.65. The van der Waals surface area contributed by atoms with Gasteiger partial charge in [-0.2, -0.15) is 5.26 Å². The summed E-state index contributed by atoms with van der Waals surface area (Å²) in [6.07, 6.45) is 1.34. The second-order valence-electron chi connectivity index (χ2n) is 3.41. The second kappa shape index (κ2) is 4.49. The number of aromatic nitrogens is 1. The van der Waals surface area contributed by atoms with E-state index in [1.807, 2.05) is 6.07 Å². The van der Waals surface area contributed by atoms with Crippen molar-refractivity contribution in [3.63, 3.8) is 0 Å². The van der Waals surface area contributed by atoms with E-state index in [-0.39, 0.29) is 11.6 Å². The number of rotatable bonds is 2. The lowest BCUT2D eigenvalue weighted by Gasteiger charge is -2.15. The van der Waals surface area contributed by atoms with Crippen LogP contribution in [0, 0.1) is 11.3 Å². The Morgan fingerprint density at radius 2 is 2.29 bits per heavy atom. The van der Waals surface area contributed by atoms with Crippen LogP contribution in [0.1, 0.15) is 16.1 Å². The van der Waals surface area contributed by atoms with E-state index in [9.17, 15) is 4.79 Å². The van der Waals surface area contributed by atoms with Gasteiger partial charge >= 0.3 is 0 Å². The SMILES string of the molecule is CN(C(=O)c1ccon1)c1cccc(C#N)c1. The van der Waals surface area contributed by atoms with Crippen molar-refractivity contribution < 1.29 is 9.32 Å². The highest BCUT2D eigenvalue weighted by molar-refractivity contribution is 6.04. The van der Waals surface area contributed by atoms with Gasteiger partial charge in [-0.05, 0) is 18.2 Å². The zero-order chi connectivity index (χ0) is 12.3. The number of benzene rings is 1. The zero-order valence-corrected chi connectivity index (χ0v) is 9.12. The molecule has 0 spiro atoms. The first kappa shape index (κ1) is 10.9. The highest BCUT2D eigenvalue weighted by Crippen LogP contribution is 2.16. The van der Waals surface area contributed by atoms with Crippen molar-refractivity contribution in [1.29, 1.82) is 5.26 Å². The topological polar surface area (TPSA) is 70.1 Å². The molecule has 1 heterocycles. The predicted molar refractivity (Wildman–Crippen MR) is 60.4 cm³/mol. The lowest BCUT2D eigenvalue weighted by molar-refractivity contribution is 0.0984. The average Bonchev–Trinajstić information content (AvgIpc) is 2.91. The fraction of sp³-hybridized carbons (Fsp3) is 0.0833. The summed E-state index contributed by atoms with van der Waals surface area (Å²) < 4.78 is 4.62. The van der Waals surface area contributed by atoms with Gasteiger partial charge in [-0.25, -0.2) is 0 Å². The van der Waals surface area contributed by atoms with Gasteiger partial charge in [0.25, 0.3) is 5.91 Å². The summed E-state index contributed by atoms with van der Waals surface area (Å²) in [7, 11) is 1.62. The molecule has 5 heteroatoms. The Hall–Kier alpha value is -2.61. The molecule has 0 aliphatic carbocycles. The summed E-state index contributed by atoms with van der Waals surface area (Å²) in [6.45, 7) is 0. The highest BCUT2D eigenvalue weighted by Gasteiger charge is 2.16. The van der Waals surface area contributed by atoms with Crippen molar-refractivity contribution in [3.05, 3.63) is 47.9 Å². The molecule has 0 aliphatic heterocycles. The first-order valence-corrected chi connectivity index (χ1v) is 4.91. The van der Waals surface area contributed by atoms with E-state index < -0.39 is 0 Å². The molecule has 0 atom stereocenters. The molecular formula is C12H9N3O2. The van der Waals surface area contributed by atoms with Crippen molar-refractivity contribution in [2.75, 3.05) is 11.9 Å². The number of hydrogen-bond acceptors (Lipinski definition) is 4. The van der Waals surface area contributed by atoms with Crippen molar-refractivity contribution >= 4 is 11.6 Å². The Balaban J connectivity index is 2.28. The number of hydrogen-bond donors (Lipinski definition) is 0. The summed E-state index contributed by atoms with van der Waals surface area (Å²) >= 11 is 0. The summed E-state index contributed by atoms with van der Waals surface area (Å²) in [4.78, 5) is 13.3. The van der Waals surface area contributed by atoms with Gasteiger partial charge < -0.3 is 9.42 Å². The first-order chi connectivity index (χ1) is 8.22. The lowest BCUT2D eigenvalue weighted by Crippen LogP contribution is -2.26. The minimum Gasteiger partial charge on any atom is -0.364 e. The smallest absolute Gasteiger partial charge is 0.280 e. The van der Waals surface area contributed by atoms with Gasteiger partial charge in [0, 0.05) is 18.8 Å². The minimum absolute atomic E-state index is 0.231. The van der Waals surface area contributed by atoms with Crippen LogP contribution < -0.4 is 4.90 Å². The number of anilines is 1. The van der Waals surface area contributed by atoms with Crippen LogP contribution in [0.5, 0.6) is 0 Å². The molecule has 0 bridgehead atoms. The standard InChI is InChI=1S/C12H9N3O2/c1-15(12(16)11-5-6-17-14-11)10-4-2-3-9(7-10)8-13/h2-7H,1H3. The fourth-order valence-corrected chi connectivity index (χ4v) is 1.40. The molecule has 0 saturated heterocycles. The van der Waals surface area contributed by atoms with Gasteiger partial charge in [-0.3, -0.25) is 4.79 Å². The molecule has 17 heavy (non-hydrogen) atoms. The van der Waals surface area contributed by atoms with E-state index in [2.05, 4.69) is 9.68 Å². The molecule has 84 valence electrons. The molecule has 0 fully saturated rings. The number of nitrogens with zero attached hydrogens (tertiary/aromatic N) is 3. The summed E-state index contributed by atoms with van der Waals surface area (Å²) in [5, 5.41) is 12.4. The van der Waals surface area contributed by atoms with Gasteiger partial charge in [0.1, 0.15) is 6.26 Å². The molecule has 1 amide bonds. The van der Waals surface area contributed by atoms with E-state index >= 15 is 0 Å².